The van der Waals surface area contributed by atoms with Gasteiger partial charge in [0.25, 0.3) is 0 Å². The van der Waals surface area contributed by atoms with Crippen LogP contribution in [0.25, 0.3) is 0 Å². The lowest BCUT2D eigenvalue weighted by Crippen LogP contribution is -1.99. The molecule has 0 aliphatic rings. The van der Waals surface area contributed by atoms with E-state index in [-0.39, 0.29) is 5.97 Å². The van der Waals surface area contributed by atoms with Crippen LogP contribution in [0.5, 0.6) is 0 Å². The third-order valence-corrected chi connectivity index (χ3v) is 3.29. The molecule has 2 nitrogen and oxygen atoms in total. The van der Waals surface area contributed by atoms with Crippen molar-refractivity contribution in [2.45, 2.75) is 40.0 Å². The summed E-state index contributed by atoms with van der Waals surface area (Å²) in [4.78, 5) is 11.0. The van der Waals surface area contributed by atoms with Crippen molar-refractivity contribution in [3.05, 3.63) is 21.8 Å². The van der Waals surface area contributed by atoms with Gasteiger partial charge in [0.15, 0.2) is 0 Å². The molecular formula is C13H21IO2. The van der Waals surface area contributed by atoms with Crippen molar-refractivity contribution in [3.63, 3.8) is 0 Å². The molecule has 0 spiro atoms. The maximum atomic E-state index is 11.0. The lowest BCUT2D eigenvalue weighted by atomic mass is 9.98. The summed E-state index contributed by atoms with van der Waals surface area (Å²) in [6.07, 6.45) is 6.61. The fourth-order valence-electron chi connectivity index (χ4n) is 1.45. The summed E-state index contributed by atoms with van der Waals surface area (Å²) < 4.78 is 6.92. The Labute approximate surface area is 112 Å². The number of hydrogen-bond acceptors (Lipinski definition) is 2. The molecule has 0 aromatic rings. The van der Waals surface area contributed by atoms with Crippen molar-refractivity contribution in [2.24, 2.45) is 5.92 Å². The Morgan fingerprint density at radius 2 is 2.19 bits per heavy atom. The van der Waals surface area contributed by atoms with Gasteiger partial charge in [-0.3, -0.25) is 0 Å². The molecule has 0 aromatic heterocycles. The first-order valence-corrected chi connectivity index (χ1v) is 6.93. The summed E-state index contributed by atoms with van der Waals surface area (Å²) in [6, 6.07) is 0. The van der Waals surface area contributed by atoms with E-state index in [4.69, 9.17) is 4.74 Å². The van der Waals surface area contributed by atoms with E-state index in [1.165, 1.54) is 11.6 Å². The number of allylic oxidation sites excluding steroid dienone is 2. The average molecular weight is 336 g/mol. The van der Waals surface area contributed by atoms with E-state index >= 15 is 0 Å². The molecule has 0 saturated carbocycles. The highest BCUT2D eigenvalue weighted by Gasteiger charge is 2.01. The summed E-state index contributed by atoms with van der Waals surface area (Å²) in [7, 11) is 0. The Bertz CT molecular complexity index is 257. The smallest absolute Gasteiger partial charge is 0.330 e. The van der Waals surface area contributed by atoms with Gasteiger partial charge in [0.05, 0.1) is 6.61 Å². The van der Waals surface area contributed by atoms with Gasteiger partial charge < -0.3 is 4.74 Å². The van der Waals surface area contributed by atoms with E-state index < -0.39 is 0 Å². The lowest BCUT2D eigenvalue weighted by Gasteiger charge is -2.09. The first kappa shape index (κ1) is 15.7. The van der Waals surface area contributed by atoms with Gasteiger partial charge in [0.1, 0.15) is 0 Å². The molecule has 0 N–H and O–H groups in total. The second kappa shape index (κ2) is 9.87. The van der Waals surface area contributed by atoms with Gasteiger partial charge in [-0.15, -0.1) is 0 Å². The average Bonchev–Trinajstić information content (AvgIpc) is 2.24. The van der Waals surface area contributed by atoms with Crippen LogP contribution < -0.4 is 0 Å². The standard InChI is InChI=1S/C13H21IO2/c1-4-16-13(15)8-6-5-7-11(2)9-12(3)10-14/h6,8,10-11H,4-5,7,9H2,1-3H3/b8-6-,12-10+/t11-/m1/s1. The number of rotatable bonds is 7. The molecule has 0 unspecified atom stereocenters. The Hall–Kier alpha value is -0.320. The second-order valence-electron chi connectivity index (χ2n) is 4.00. The van der Waals surface area contributed by atoms with Gasteiger partial charge in [-0.1, -0.05) is 41.2 Å². The zero-order valence-electron chi connectivity index (χ0n) is 10.3. The van der Waals surface area contributed by atoms with Crippen molar-refractivity contribution < 1.29 is 9.53 Å². The molecule has 0 radical (unpaired) electrons. The molecule has 0 saturated heterocycles. The van der Waals surface area contributed by atoms with Crippen LogP contribution in [-0.2, 0) is 9.53 Å². The van der Waals surface area contributed by atoms with Gasteiger partial charge in [-0.2, -0.15) is 0 Å². The largest absolute Gasteiger partial charge is 0.463 e. The fourth-order valence-corrected chi connectivity index (χ4v) is 1.70. The molecule has 3 heteroatoms. The first-order chi connectivity index (χ1) is 7.60. The summed E-state index contributed by atoms with van der Waals surface area (Å²) in [6.45, 7) is 6.64. The van der Waals surface area contributed by atoms with Gasteiger partial charge in [-0.05, 0) is 43.1 Å². The minimum absolute atomic E-state index is 0.238. The molecule has 0 amide bonds. The topological polar surface area (TPSA) is 26.3 Å². The number of hydrogen-bond donors (Lipinski definition) is 0. The van der Waals surface area contributed by atoms with Crippen LogP contribution in [0.3, 0.4) is 0 Å². The maximum absolute atomic E-state index is 11.0. The van der Waals surface area contributed by atoms with Crippen molar-refractivity contribution in [1.82, 2.24) is 0 Å². The Morgan fingerprint density at radius 1 is 1.50 bits per heavy atom. The lowest BCUT2D eigenvalue weighted by molar-refractivity contribution is -0.137. The molecule has 1 atom stereocenters. The van der Waals surface area contributed by atoms with Crippen molar-refractivity contribution >= 4 is 28.6 Å². The zero-order chi connectivity index (χ0) is 12.4. The zero-order valence-corrected chi connectivity index (χ0v) is 12.5. The third-order valence-electron chi connectivity index (χ3n) is 2.22. The fraction of sp³-hybridized carbons (Fsp3) is 0.615. The van der Waals surface area contributed by atoms with Gasteiger partial charge in [0.2, 0.25) is 0 Å². The Morgan fingerprint density at radius 3 is 2.75 bits per heavy atom. The summed E-state index contributed by atoms with van der Waals surface area (Å²) >= 11 is 2.27. The van der Waals surface area contributed by atoms with E-state index in [9.17, 15) is 4.79 Å². The molecule has 0 aliphatic carbocycles. The number of carbonyl (C=O) groups is 1. The van der Waals surface area contributed by atoms with Gasteiger partial charge in [-0.25, -0.2) is 4.79 Å². The number of esters is 1. The summed E-state index contributed by atoms with van der Waals surface area (Å²) in [5.74, 6) is 0.427. The van der Waals surface area contributed by atoms with Crippen LogP contribution in [0.4, 0.5) is 0 Å². The first-order valence-electron chi connectivity index (χ1n) is 5.69. The molecule has 0 heterocycles. The molecule has 16 heavy (non-hydrogen) atoms. The van der Waals surface area contributed by atoms with Gasteiger partial charge in [0, 0.05) is 6.08 Å². The van der Waals surface area contributed by atoms with Crippen molar-refractivity contribution in [1.29, 1.82) is 0 Å². The third kappa shape index (κ3) is 8.95. The number of halogens is 1. The van der Waals surface area contributed by atoms with Crippen LogP contribution in [0.15, 0.2) is 21.8 Å². The normalized spacial score (nSPS) is 14.1. The minimum atomic E-state index is -0.238. The van der Waals surface area contributed by atoms with E-state index in [0.717, 1.165) is 19.3 Å². The number of carbonyl (C=O) groups excluding carboxylic acids is 1. The second-order valence-corrected chi connectivity index (χ2v) is 4.62. The van der Waals surface area contributed by atoms with E-state index in [0.29, 0.717) is 12.5 Å². The molecular weight excluding hydrogens is 315 g/mol. The predicted molar refractivity (Wildman–Crippen MR) is 76.6 cm³/mol. The van der Waals surface area contributed by atoms with Gasteiger partial charge >= 0.3 is 5.97 Å². The van der Waals surface area contributed by atoms with E-state index in [1.54, 1.807) is 0 Å². The monoisotopic (exact) mass is 336 g/mol. The molecule has 0 rings (SSSR count). The van der Waals surface area contributed by atoms with Crippen LogP contribution in [0.2, 0.25) is 0 Å². The highest BCUT2D eigenvalue weighted by atomic mass is 127. The molecule has 92 valence electrons. The van der Waals surface area contributed by atoms with Crippen LogP contribution in [0, 0.1) is 5.92 Å². The van der Waals surface area contributed by atoms with E-state index in [2.05, 4.69) is 40.5 Å². The van der Waals surface area contributed by atoms with Crippen LogP contribution in [0.1, 0.15) is 40.0 Å². The van der Waals surface area contributed by atoms with E-state index in [1.807, 2.05) is 13.0 Å². The maximum Gasteiger partial charge on any atom is 0.330 e. The van der Waals surface area contributed by atoms with Crippen molar-refractivity contribution in [2.75, 3.05) is 6.61 Å². The summed E-state index contributed by atoms with van der Waals surface area (Å²) in [5, 5.41) is 0. The van der Waals surface area contributed by atoms with Crippen LogP contribution >= 0.6 is 22.6 Å². The molecule has 0 aromatic carbocycles. The summed E-state index contributed by atoms with van der Waals surface area (Å²) in [5.41, 5.74) is 1.42. The minimum Gasteiger partial charge on any atom is -0.463 e. The SMILES string of the molecule is CCOC(=O)/C=C\CC[C@@H](C)C/C(C)=C/I. The van der Waals surface area contributed by atoms with Crippen LogP contribution in [-0.4, -0.2) is 12.6 Å². The molecule has 0 aliphatic heterocycles. The Kier molecular flexibility index (Phi) is 9.68. The molecule has 0 bridgehead atoms. The predicted octanol–water partition coefficient (Wildman–Crippen LogP) is 4.25. The molecule has 0 fully saturated rings. The highest BCUT2D eigenvalue weighted by molar-refractivity contribution is 14.1. The number of ether oxygens (including phenoxy) is 1. The highest BCUT2D eigenvalue weighted by Crippen LogP contribution is 2.17. The quantitative estimate of drug-likeness (QED) is 0.395. The van der Waals surface area contributed by atoms with Crippen molar-refractivity contribution in [3.8, 4) is 0 Å². The Balaban J connectivity index is 3.69.